The number of hydrogen-bond acceptors (Lipinski definition) is 7. The second kappa shape index (κ2) is 7.73. The number of ether oxygens (including phenoxy) is 2. The first-order chi connectivity index (χ1) is 13.3. The molecule has 0 bridgehead atoms. The van der Waals surface area contributed by atoms with Crippen LogP contribution in [-0.2, 0) is 0 Å². The molecule has 3 aromatic rings. The Morgan fingerprint density at radius 1 is 1.07 bits per heavy atom. The zero-order chi connectivity index (χ0) is 20.4. The van der Waals surface area contributed by atoms with Gasteiger partial charge >= 0.3 is 11.7 Å². The third kappa shape index (κ3) is 3.84. The van der Waals surface area contributed by atoms with E-state index >= 15 is 0 Å². The molecule has 8 nitrogen and oxygen atoms in total. The summed E-state index contributed by atoms with van der Waals surface area (Å²) in [7, 11) is 4.63. The molecule has 28 heavy (non-hydrogen) atoms. The highest BCUT2D eigenvalue weighted by atomic mass is 32.1. The van der Waals surface area contributed by atoms with Crippen molar-refractivity contribution in [2.45, 2.75) is 6.92 Å². The van der Waals surface area contributed by atoms with Gasteiger partial charge in [-0.05, 0) is 13.0 Å². The molecule has 0 unspecified atom stereocenters. The number of thiophene rings is 1. The van der Waals surface area contributed by atoms with Crippen molar-refractivity contribution >= 4 is 44.1 Å². The molecule has 146 valence electrons. The summed E-state index contributed by atoms with van der Waals surface area (Å²) in [6, 6.07) is 7.68. The van der Waals surface area contributed by atoms with Crippen molar-refractivity contribution in [1.82, 2.24) is 0 Å². The number of hydrogen-bond donors (Lipinski definition) is 1. The monoisotopic (exact) mass is 402 g/mol. The van der Waals surface area contributed by atoms with Crippen LogP contribution in [0.25, 0.3) is 10.3 Å². The highest BCUT2D eigenvalue weighted by molar-refractivity contribution is 7.22. The first-order valence-electron chi connectivity index (χ1n) is 8.18. The minimum Gasteiger partial charge on any atom is -0.497 e. The van der Waals surface area contributed by atoms with Crippen LogP contribution in [0.5, 0.6) is 11.5 Å². The molecule has 2 heterocycles. The predicted molar refractivity (Wildman–Crippen MR) is 107 cm³/mol. The Kier molecular flexibility index (Phi) is 5.36. The summed E-state index contributed by atoms with van der Waals surface area (Å²) in [6.45, 7) is 1.30. The third-order valence-corrected chi connectivity index (χ3v) is 5.17. The molecule has 0 spiro atoms. The molecule has 9 heteroatoms. The van der Waals surface area contributed by atoms with Crippen molar-refractivity contribution in [3.05, 3.63) is 46.3 Å². The number of carbonyl (C=O) groups excluding carboxylic acids is 2. The van der Waals surface area contributed by atoms with Crippen LogP contribution in [-0.4, -0.2) is 33.1 Å². The van der Waals surface area contributed by atoms with Crippen LogP contribution in [0.3, 0.4) is 0 Å². The van der Waals surface area contributed by atoms with Gasteiger partial charge in [0, 0.05) is 37.0 Å². The molecule has 0 aliphatic carbocycles. The Labute approximate surface area is 164 Å². The molecular weight excluding hydrogens is 384 g/mol. The quantitative estimate of drug-likeness (QED) is 0.653. The summed E-state index contributed by atoms with van der Waals surface area (Å²) in [6.07, 6.45) is 0. The van der Waals surface area contributed by atoms with E-state index in [0.717, 1.165) is 0 Å². The number of amides is 2. The number of ketones is 1. The third-order valence-electron chi connectivity index (χ3n) is 4.03. The molecule has 3 rings (SSSR count). The molecule has 1 N–H and O–H groups in total. The maximum atomic E-state index is 12.6. The highest BCUT2D eigenvalue weighted by Gasteiger charge is 2.18. The number of Topliss-reactive ketones (excluding diaryl/α,β-unsaturated/α-hetero) is 1. The van der Waals surface area contributed by atoms with Crippen molar-refractivity contribution in [3.8, 4) is 11.5 Å². The number of nitrogens with one attached hydrogen (secondary N) is 1. The maximum absolute atomic E-state index is 12.6. The lowest BCUT2D eigenvalue weighted by molar-refractivity contribution is 0.101. The smallest absolute Gasteiger partial charge is 0.347 e. The van der Waals surface area contributed by atoms with Gasteiger partial charge in [0.2, 0.25) is 0 Å². The van der Waals surface area contributed by atoms with Crippen LogP contribution < -0.4 is 25.3 Å². The van der Waals surface area contributed by atoms with Crippen LogP contribution in [0.1, 0.15) is 17.3 Å². The number of methoxy groups -OCH3 is 2. The highest BCUT2D eigenvalue weighted by Crippen LogP contribution is 2.32. The van der Waals surface area contributed by atoms with Gasteiger partial charge in [0.05, 0.1) is 18.9 Å². The summed E-state index contributed by atoms with van der Waals surface area (Å²) in [5, 5.41) is 3.31. The summed E-state index contributed by atoms with van der Waals surface area (Å²) in [5.41, 5.74) is 0.105. The zero-order valence-corrected chi connectivity index (χ0v) is 16.5. The van der Waals surface area contributed by atoms with Gasteiger partial charge < -0.3 is 19.2 Å². The van der Waals surface area contributed by atoms with Crippen LogP contribution in [0, 0.1) is 0 Å². The number of carbonyl (C=O) groups is 2. The molecule has 0 fully saturated rings. The van der Waals surface area contributed by atoms with E-state index in [2.05, 4.69) is 5.32 Å². The van der Waals surface area contributed by atoms with Gasteiger partial charge in [-0.3, -0.25) is 9.69 Å². The summed E-state index contributed by atoms with van der Waals surface area (Å²) < 4.78 is 16.2. The van der Waals surface area contributed by atoms with Crippen molar-refractivity contribution in [3.63, 3.8) is 0 Å². The van der Waals surface area contributed by atoms with Gasteiger partial charge in [-0.1, -0.05) is 0 Å². The Morgan fingerprint density at radius 2 is 1.71 bits per heavy atom. The Bertz CT molecular complexity index is 1100. The van der Waals surface area contributed by atoms with Crippen molar-refractivity contribution in [1.29, 1.82) is 0 Å². The van der Waals surface area contributed by atoms with E-state index in [0.29, 0.717) is 32.5 Å². The number of benzene rings is 1. The molecule has 0 atom stereocenters. The first-order valence-corrected chi connectivity index (χ1v) is 9.00. The SMILES string of the molecule is COc1cc(NC(=O)N(C)c2cc3oc(=O)c(C(C)=O)cc3s2)cc(OC)c1. The normalized spacial score (nSPS) is 10.6. The number of anilines is 2. The largest absolute Gasteiger partial charge is 0.497 e. The van der Waals surface area contributed by atoms with Crippen LogP contribution >= 0.6 is 11.3 Å². The van der Waals surface area contributed by atoms with Crippen LogP contribution in [0.15, 0.2) is 39.5 Å². The fourth-order valence-corrected chi connectivity index (χ4v) is 3.49. The Morgan fingerprint density at radius 3 is 2.29 bits per heavy atom. The summed E-state index contributed by atoms with van der Waals surface area (Å²) >= 11 is 1.23. The van der Waals surface area contributed by atoms with E-state index in [-0.39, 0.29) is 11.3 Å². The van der Waals surface area contributed by atoms with Crippen molar-refractivity contribution in [2.75, 3.05) is 31.5 Å². The topological polar surface area (TPSA) is 98.1 Å². The summed E-state index contributed by atoms with van der Waals surface area (Å²) in [4.78, 5) is 37.4. The lowest BCUT2D eigenvalue weighted by Crippen LogP contribution is -2.30. The molecule has 0 saturated carbocycles. The van der Waals surface area contributed by atoms with Crippen LogP contribution in [0.4, 0.5) is 15.5 Å². The van der Waals surface area contributed by atoms with Gasteiger partial charge in [-0.15, -0.1) is 11.3 Å². The molecule has 2 aromatic heterocycles. The van der Waals surface area contributed by atoms with E-state index in [9.17, 15) is 14.4 Å². The Balaban J connectivity index is 1.87. The fourth-order valence-electron chi connectivity index (χ4n) is 2.50. The van der Waals surface area contributed by atoms with E-state index < -0.39 is 11.7 Å². The van der Waals surface area contributed by atoms with Gasteiger partial charge in [0.15, 0.2) is 11.4 Å². The van der Waals surface area contributed by atoms with E-state index in [1.807, 2.05) is 0 Å². The van der Waals surface area contributed by atoms with Crippen molar-refractivity contribution in [2.24, 2.45) is 0 Å². The van der Waals surface area contributed by atoms with Gasteiger partial charge in [0.25, 0.3) is 0 Å². The van der Waals surface area contributed by atoms with E-state index in [1.54, 1.807) is 31.3 Å². The van der Waals surface area contributed by atoms with Gasteiger partial charge in [-0.25, -0.2) is 9.59 Å². The molecule has 0 aliphatic rings. The molecule has 1 aromatic carbocycles. The minimum absolute atomic E-state index is 0.0171. The molecule has 0 aliphatic heterocycles. The van der Waals surface area contributed by atoms with E-state index in [4.69, 9.17) is 13.9 Å². The molecule has 0 radical (unpaired) electrons. The molecular formula is C19H18N2O6S. The van der Waals surface area contributed by atoms with Crippen LogP contribution in [0.2, 0.25) is 0 Å². The van der Waals surface area contributed by atoms with Gasteiger partial charge in [-0.2, -0.15) is 0 Å². The predicted octanol–water partition coefficient (Wildman–Crippen LogP) is 3.74. The second-order valence-corrected chi connectivity index (χ2v) is 6.97. The lowest BCUT2D eigenvalue weighted by atomic mass is 10.2. The number of rotatable bonds is 5. The standard InChI is InChI=1S/C19H18N2O6S/c1-10(22)14-8-16-15(27-18(14)23)9-17(28-16)21(2)19(24)20-11-5-12(25-3)7-13(6-11)26-4/h5-9H,1-4H3,(H,20,24). The van der Waals surface area contributed by atoms with E-state index in [1.165, 1.54) is 43.4 Å². The first kappa shape index (κ1) is 19.4. The summed E-state index contributed by atoms with van der Waals surface area (Å²) in [5.74, 6) is 0.707. The van der Waals surface area contributed by atoms with Crippen molar-refractivity contribution < 1.29 is 23.5 Å². The fraction of sp³-hybridized carbons (Fsp3) is 0.211. The average Bonchev–Trinajstić information content (AvgIpc) is 3.08. The lowest BCUT2D eigenvalue weighted by Gasteiger charge is -2.16. The molecule has 2 amide bonds. The molecule has 0 saturated heterocycles. The minimum atomic E-state index is -0.695. The second-order valence-electron chi connectivity index (χ2n) is 5.91. The number of fused-ring (bicyclic) bond motifs is 1. The number of nitrogens with zero attached hydrogens (tertiary/aromatic N) is 1. The van der Waals surface area contributed by atoms with Gasteiger partial charge in [0.1, 0.15) is 22.1 Å². The Hall–Kier alpha value is -3.33. The average molecular weight is 402 g/mol. The maximum Gasteiger partial charge on any atom is 0.347 e. The zero-order valence-electron chi connectivity index (χ0n) is 15.7. The number of urea groups is 1.